The highest BCUT2D eigenvalue weighted by Gasteiger charge is 2.70. The molecule has 0 heterocycles. The summed E-state index contributed by atoms with van der Waals surface area (Å²) in [6.45, 7) is 3.39. The Morgan fingerprint density at radius 3 is 0.600 bits per heavy atom. The molecule has 372 valence electrons. The van der Waals surface area contributed by atoms with Gasteiger partial charge in [-0.2, -0.15) is 0 Å². The highest BCUT2D eigenvalue weighted by atomic mass is 16.2. The van der Waals surface area contributed by atoms with Gasteiger partial charge < -0.3 is 0 Å². The van der Waals surface area contributed by atoms with E-state index in [1.54, 1.807) is 164 Å². The quantitative estimate of drug-likeness (QED) is 0.0427. The molecule has 75 heavy (non-hydrogen) atoms. The first-order valence-corrected chi connectivity index (χ1v) is 25.0. The summed E-state index contributed by atoms with van der Waals surface area (Å²) < 4.78 is 0. The summed E-state index contributed by atoms with van der Waals surface area (Å²) in [4.78, 5) is 135. The van der Waals surface area contributed by atoms with Gasteiger partial charge in [-0.3, -0.25) is 43.3 Å². The van der Waals surface area contributed by atoms with E-state index in [0.29, 0.717) is 0 Å². The molecule has 9 heteroatoms. The van der Waals surface area contributed by atoms with Crippen LogP contribution in [0.25, 0.3) is 0 Å². The normalized spacial score (nSPS) is 11.9. The van der Waals surface area contributed by atoms with Gasteiger partial charge in [0.05, 0.1) is 17.8 Å². The lowest BCUT2D eigenvalue weighted by atomic mass is 9.46. The molecule has 8 aromatic carbocycles. The second kappa shape index (κ2) is 24.2. The lowest BCUT2D eigenvalue weighted by molar-refractivity contribution is -0.0434. The molecule has 9 nitrogen and oxygen atoms in total. The Kier molecular flexibility index (Phi) is 16.9. The lowest BCUT2D eigenvalue weighted by Gasteiger charge is -2.56. The van der Waals surface area contributed by atoms with Crippen LogP contribution < -0.4 is 0 Å². The summed E-state index contributed by atoms with van der Waals surface area (Å²) in [7, 11) is 0. The third kappa shape index (κ3) is 10.8. The average Bonchev–Trinajstić information content (AvgIpc) is 3.50. The smallest absolute Gasteiger partial charge is 0.175 e. The maximum absolute atomic E-state index is 16.8. The third-order valence-corrected chi connectivity index (χ3v) is 14.1. The van der Waals surface area contributed by atoms with Crippen molar-refractivity contribution in [2.75, 3.05) is 13.1 Å². The molecule has 0 aliphatic carbocycles. The van der Waals surface area contributed by atoms with Crippen molar-refractivity contribution in [1.29, 1.82) is 0 Å². The van der Waals surface area contributed by atoms with Crippen molar-refractivity contribution in [3.05, 3.63) is 287 Å². The number of ketones is 8. The minimum Gasteiger partial charge on any atom is -0.299 e. The van der Waals surface area contributed by atoms with Crippen molar-refractivity contribution in [1.82, 2.24) is 4.90 Å². The summed E-state index contributed by atoms with van der Waals surface area (Å²) in [5.74, 6) is -16.5. The molecule has 8 aromatic rings. The average molecular weight is 990 g/mol. The van der Waals surface area contributed by atoms with Gasteiger partial charge >= 0.3 is 0 Å². The standard InChI is InChI=1S/C66H55NO8/c1-3-67(4-2)65(53(57(68)45-29-13-5-14-30-45)58(69)46-31-15-6-16-32-46)66(54(59(70)47-33-17-7-18-34-47)60(71)48-35-19-8-20-36-48,55(61(72)49-37-21-9-22-38-49)62(73)50-39-23-10-24-40-50)56(63(74)51-41-25-11-26-42-51)64(75)52-43-27-12-28-44-52/h5-44,53-56,65H,3-4H2,1-2H3. The summed E-state index contributed by atoms with van der Waals surface area (Å²) in [5.41, 5.74) is -3.33. The highest BCUT2D eigenvalue weighted by molar-refractivity contribution is 6.26. The van der Waals surface area contributed by atoms with Crippen LogP contribution in [0.1, 0.15) is 96.7 Å². The van der Waals surface area contributed by atoms with Crippen molar-refractivity contribution >= 4 is 46.3 Å². The molecule has 0 aromatic heterocycles. The van der Waals surface area contributed by atoms with E-state index in [-0.39, 0.29) is 57.6 Å². The van der Waals surface area contributed by atoms with E-state index < -0.39 is 81.4 Å². The number of rotatable bonds is 24. The van der Waals surface area contributed by atoms with Crippen LogP contribution in [-0.2, 0) is 0 Å². The molecule has 0 amide bonds. The molecule has 0 saturated carbocycles. The van der Waals surface area contributed by atoms with E-state index >= 15 is 38.4 Å². The molecule has 8 rings (SSSR count). The summed E-state index contributed by atoms with van der Waals surface area (Å²) in [5, 5.41) is 0. The zero-order valence-corrected chi connectivity index (χ0v) is 41.6. The van der Waals surface area contributed by atoms with E-state index in [4.69, 9.17) is 0 Å². The maximum atomic E-state index is 16.8. The van der Waals surface area contributed by atoms with Crippen LogP contribution in [0.2, 0.25) is 0 Å². The fraction of sp³-hybridized carbons (Fsp3) is 0.152. The van der Waals surface area contributed by atoms with E-state index in [0.717, 1.165) is 0 Å². The molecule has 0 aliphatic rings. The van der Waals surface area contributed by atoms with Crippen LogP contribution in [0.5, 0.6) is 0 Å². The number of benzene rings is 8. The molecular formula is C66H55NO8. The first-order valence-electron chi connectivity index (χ1n) is 25.0. The number of Topliss-reactive ketones (excluding diaryl/α,β-unsaturated/α-hetero) is 8. The fourth-order valence-electron chi connectivity index (χ4n) is 10.7. The number of carbonyl (C=O) groups is 8. The van der Waals surface area contributed by atoms with Crippen LogP contribution in [0.3, 0.4) is 0 Å². The van der Waals surface area contributed by atoms with Crippen molar-refractivity contribution in [2.45, 2.75) is 19.9 Å². The zero-order chi connectivity index (χ0) is 52.9. The van der Waals surface area contributed by atoms with Crippen molar-refractivity contribution < 1.29 is 38.4 Å². The minimum absolute atomic E-state index is 0.0406. The maximum Gasteiger partial charge on any atom is 0.175 e. The molecule has 1 atom stereocenters. The number of hydrogen-bond donors (Lipinski definition) is 0. The van der Waals surface area contributed by atoms with Crippen molar-refractivity contribution in [2.24, 2.45) is 29.1 Å². The van der Waals surface area contributed by atoms with Crippen molar-refractivity contribution in [3.8, 4) is 0 Å². The van der Waals surface area contributed by atoms with Gasteiger partial charge in [0.2, 0.25) is 0 Å². The van der Waals surface area contributed by atoms with Gasteiger partial charge in [-0.25, -0.2) is 0 Å². The number of carbonyl (C=O) groups excluding carboxylic acids is 8. The van der Waals surface area contributed by atoms with Gasteiger partial charge in [0, 0.05) is 56.0 Å². The van der Waals surface area contributed by atoms with Crippen LogP contribution in [0.15, 0.2) is 243 Å². The molecular weight excluding hydrogens is 935 g/mol. The van der Waals surface area contributed by atoms with Gasteiger partial charge in [0.1, 0.15) is 5.92 Å². The van der Waals surface area contributed by atoms with E-state index in [1.807, 2.05) is 0 Å². The second-order valence-electron chi connectivity index (χ2n) is 18.3. The van der Waals surface area contributed by atoms with Crippen LogP contribution in [0.4, 0.5) is 0 Å². The summed E-state index contributed by atoms with van der Waals surface area (Å²) >= 11 is 0. The Bertz CT molecular complexity index is 2810. The Morgan fingerprint density at radius 2 is 0.440 bits per heavy atom. The molecule has 1 unspecified atom stereocenters. The predicted octanol–water partition coefficient (Wildman–Crippen LogP) is 12.2. The SMILES string of the molecule is CCN(CC)C(C(C(=O)c1ccccc1)C(=O)c1ccccc1)C(C(C(=O)c1ccccc1)C(=O)c1ccccc1)(C(C(=O)c1ccccc1)C(=O)c1ccccc1)C(C(=O)c1ccccc1)C(=O)c1ccccc1. The van der Waals surface area contributed by atoms with Gasteiger partial charge in [0.15, 0.2) is 46.3 Å². The second-order valence-corrected chi connectivity index (χ2v) is 18.3. The number of nitrogens with zero attached hydrogens (tertiary/aromatic N) is 1. The Hall–Kier alpha value is -8.92. The number of hydrogen-bond acceptors (Lipinski definition) is 9. The molecule has 0 saturated heterocycles. The van der Waals surface area contributed by atoms with Crippen LogP contribution in [0, 0.1) is 29.1 Å². The highest BCUT2D eigenvalue weighted by Crippen LogP contribution is 2.57. The summed E-state index contributed by atoms with van der Waals surface area (Å²) in [6, 6.07) is 60.9. The molecule has 0 bridgehead atoms. The lowest BCUT2D eigenvalue weighted by Crippen LogP contribution is -2.70. The minimum atomic E-state index is -3.02. The topological polar surface area (TPSA) is 140 Å². The van der Waals surface area contributed by atoms with E-state index in [1.165, 1.54) is 97.1 Å². The largest absolute Gasteiger partial charge is 0.299 e. The van der Waals surface area contributed by atoms with Crippen molar-refractivity contribution in [3.63, 3.8) is 0 Å². The molecule has 0 radical (unpaired) electrons. The predicted molar refractivity (Wildman–Crippen MR) is 289 cm³/mol. The van der Waals surface area contributed by atoms with Crippen LogP contribution >= 0.6 is 0 Å². The van der Waals surface area contributed by atoms with Gasteiger partial charge in [-0.1, -0.05) is 257 Å². The fourth-order valence-corrected chi connectivity index (χ4v) is 10.7. The molecule has 0 aliphatic heterocycles. The Morgan fingerprint density at radius 1 is 0.280 bits per heavy atom. The Balaban J connectivity index is 1.72. The monoisotopic (exact) mass is 989 g/mol. The van der Waals surface area contributed by atoms with Crippen LogP contribution in [-0.4, -0.2) is 70.3 Å². The molecule has 0 N–H and O–H groups in total. The summed E-state index contributed by atoms with van der Waals surface area (Å²) in [6.07, 6.45) is 0. The van der Waals surface area contributed by atoms with E-state index in [2.05, 4.69) is 0 Å². The Labute approximate surface area is 436 Å². The van der Waals surface area contributed by atoms with Gasteiger partial charge in [0.25, 0.3) is 0 Å². The first kappa shape index (κ1) is 52.4. The molecule has 0 spiro atoms. The zero-order valence-electron chi connectivity index (χ0n) is 41.6. The van der Waals surface area contributed by atoms with E-state index in [9.17, 15) is 0 Å². The molecule has 0 fully saturated rings. The third-order valence-electron chi connectivity index (χ3n) is 14.1. The first-order chi connectivity index (χ1) is 36.5. The van der Waals surface area contributed by atoms with Gasteiger partial charge in [-0.05, 0) is 13.1 Å². The van der Waals surface area contributed by atoms with Gasteiger partial charge in [-0.15, -0.1) is 0 Å².